The van der Waals surface area contributed by atoms with E-state index in [4.69, 9.17) is 16.3 Å². The molecule has 1 aromatic rings. The first-order valence-electron chi connectivity index (χ1n) is 4.09. The van der Waals surface area contributed by atoms with Crippen LogP contribution < -0.4 is 10.1 Å². The van der Waals surface area contributed by atoms with Crippen LogP contribution in [0.3, 0.4) is 0 Å². The van der Waals surface area contributed by atoms with Crippen molar-refractivity contribution in [3.05, 3.63) is 27.7 Å². The van der Waals surface area contributed by atoms with Gasteiger partial charge in [-0.1, -0.05) is 17.7 Å². The molecule has 0 unspecified atom stereocenters. The van der Waals surface area contributed by atoms with Crippen molar-refractivity contribution in [2.24, 2.45) is 0 Å². The second-order valence-electron chi connectivity index (χ2n) is 2.95. The topological polar surface area (TPSA) is 21.3 Å². The Labute approximate surface area is 90.4 Å². The second kappa shape index (κ2) is 3.86. The molecular formula is C9H9BrClNO. The minimum atomic E-state index is 0.260. The highest BCUT2D eigenvalue weighted by molar-refractivity contribution is 9.10. The van der Waals surface area contributed by atoms with Crippen LogP contribution in [0.1, 0.15) is 0 Å². The summed E-state index contributed by atoms with van der Waals surface area (Å²) in [5, 5.41) is 3.79. The number of rotatable bonds is 2. The lowest BCUT2D eigenvalue weighted by atomic mass is 10.2. The molecule has 1 heterocycles. The molecule has 1 fully saturated rings. The summed E-state index contributed by atoms with van der Waals surface area (Å²) in [6.45, 7) is 1.80. The zero-order valence-corrected chi connectivity index (χ0v) is 9.23. The van der Waals surface area contributed by atoms with Crippen molar-refractivity contribution < 1.29 is 4.74 Å². The number of hydrogen-bond acceptors (Lipinski definition) is 2. The number of ether oxygens (including phenoxy) is 1. The normalized spacial score (nSPS) is 16.8. The van der Waals surface area contributed by atoms with E-state index < -0.39 is 0 Å². The zero-order valence-electron chi connectivity index (χ0n) is 6.89. The van der Waals surface area contributed by atoms with E-state index in [0.29, 0.717) is 5.02 Å². The first-order valence-corrected chi connectivity index (χ1v) is 5.26. The Morgan fingerprint density at radius 1 is 1.46 bits per heavy atom. The summed E-state index contributed by atoms with van der Waals surface area (Å²) < 4.78 is 6.58. The summed E-state index contributed by atoms with van der Waals surface area (Å²) in [7, 11) is 0. The summed E-state index contributed by atoms with van der Waals surface area (Å²) >= 11 is 9.38. The standard InChI is InChI=1S/C9H9BrClNO/c10-7-2-1-3-8(11)9(7)13-6-4-12-5-6/h1-3,6,12H,4-5H2. The van der Waals surface area contributed by atoms with Crippen molar-refractivity contribution >= 4 is 27.5 Å². The Kier molecular flexibility index (Phi) is 2.77. The fraction of sp³-hybridized carbons (Fsp3) is 0.333. The van der Waals surface area contributed by atoms with E-state index in [-0.39, 0.29) is 6.10 Å². The van der Waals surface area contributed by atoms with Crippen LogP contribution in [0.4, 0.5) is 0 Å². The summed E-state index contributed by atoms with van der Waals surface area (Å²) in [6.07, 6.45) is 0.260. The second-order valence-corrected chi connectivity index (χ2v) is 4.21. The third-order valence-electron chi connectivity index (χ3n) is 1.95. The lowest BCUT2D eigenvalue weighted by molar-refractivity contribution is 0.141. The third kappa shape index (κ3) is 1.98. The highest BCUT2D eigenvalue weighted by atomic mass is 79.9. The summed E-state index contributed by atoms with van der Waals surface area (Å²) in [6, 6.07) is 5.64. The monoisotopic (exact) mass is 261 g/mol. The lowest BCUT2D eigenvalue weighted by Crippen LogP contribution is -2.50. The van der Waals surface area contributed by atoms with Crippen LogP contribution in [0.5, 0.6) is 5.75 Å². The van der Waals surface area contributed by atoms with Gasteiger partial charge in [-0.3, -0.25) is 0 Å². The minimum absolute atomic E-state index is 0.260. The van der Waals surface area contributed by atoms with Crippen molar-refractivity contribution in [3.63, 3.8) is 0 Å². The number of halogens is 2. The average molecular weight is 263 g/mol. The highest BCUT2D eigenvalue weighted by Crippen LogP contribution is 2.33. The van der Waals surface area contributed by atoms with Crippen molar-refractivity contribution in [1.29, 1.82) is 0 Å². The van der Waals surface area contributed by atoms with Crippen molar-refractivity contribution in [2.75, 3.05) is 13.1 Å². The van der Waals surface area contributed by atoms with Gasteiger partial charge in [-0.2, -0.15) is 0 Å². The van der Waals surface area contributed by atoms with Crippen molar-refractivity contribution in [1.82, 2.24) is 5.32 Å². The van der Waals surface area contributed by atoms with E-state index in [1.807, 2.05) is 18.2 Å². The predicted molar refractivity (Wildman–Crippen MR) is 56.4 cm³/mol. The molecule has 2 nitrogen and oxygen atoms in total. The molecular weight excluding hydrogens is 253 g/mol. The molecule has 0 saturated carbocycles. The molecule has 0 amide bonds. The number of hydrogen-bond donors (Lipinski definition) is 1. The Morgan fingerprint density at radius 2 is 2.23 bits per heavy atom. The number of para-hydroxylation sites is 1. The number of benzene rings is 1. The van der Waals surface area contributed by atoms with Crippen molar-refractivity contribution in [2.45, 2.75) is 6.10 Å². The molecule has 13 heavy (non-hydrogen) atoms. The predicted octanol–water partition coefficient (Wildman–Crippen LogP) is 2.45. The van der Waals surface area contributed by atoms with Gasteiger partial charge in [0.1, 0.15) is 6.10 Å². The van der Waals surface area contributed by atoms with Crippen LogP contribution in [0.2, 0.25) is 5.02 Å². The Balaban J connectivity index is 2.17. The molecule has 0 aromatic heterocycles. The molecule has 2 rings (SSSR count). The smallest absolute Gasteiger partial charge is 0.152 e. The van der Waals surface area contributed by atoms with E-state index in [9.17, 15) is 0 Å². The third-order valence-corrected chi connectivity index (χ3v) is 2.87. The Bertz CT molecular complexity index is 294. The van der Waals surface area contributed by atoms with Gasteiger partial charge >= 0.3 is 0 Å². The Morgan fingerprint density at radius 3 is 2.77 bits per heavy atom. The van der Waals surface area contributed by atoms with E-state index in [1.165, 1.54) is 0 Å². The van der Waals surface area contributed by atoms with E-state index in [1.54, 1.807) is 0 Å². The van der Waals surface area contributed by atoms with E-state index >= 15 is 0 Å². The summed E-state index contributed by atoms with van der Waals surface area (Å²) in [5.74, 6) is 0.746. The van der Waals surface area contributed by atoms with Crippen LogP contribution in [-0.4, -0.2) is 19.2 Å². The van der Waals surface area contributed by atoms with Crippen LogP contribution in [-0.2, 0) is 0 Å². The van der Waals surface area contributed by atoms with Crippen LogP contribution in [0.25, 0.3) is 0 Å². The summed E-state index contributed by atoms with van der Waals surface area (Å²) in [5.41, 5.74) is 0. The van der Waals surface area contributed by atoms with E-state index in [0.717, 1.165) is 23.3 Å². The molecule has 0 radical (unpaired) electrons. The van der Waals surface area contributed by atoms with Gasteiger partial charge in [-0.05, 0) is 28.1 Å². The Hall–Kier alpha value is -0.250. The number of nitrogens with one attached hydrogen (secondary N) is 1. The van der Waals surface area contributed by atoms with Crippen molar-refractivity contribution in [3.8, 4) is 5.75 Å². The van der Waals surface area contributed by atoms with Gasteiger partial charge in [-0.25, -0.2) is 0 Å². The van der Waals surface area contributed by atoms with Crippen LogP contribution >= 0.6 is 27.5 Å². The summed E-state index contributed by atoms with van der Waals surface area (Å²) in [4.78, 5) is 0. The largest absolute Gasteiger partial charge is 0.485 e. The lowest BCUT2D eigenvalue weighted by Gasteiger charge is -2.28. The molecule has 70 valence electrons. The molecule has 1 aliphatic heterocycles. The van der Waals surface area contributed by atoms with Crippen LogP contribution in [0, 0.1) is 0 Å². The molecule has 0 aliphatic carbocycles. The van der Waals surface area contributed by atoms with Gasteiger partial charge in [-0.15, -0.1) is 0 Å². The fourth-order valence-corrected chi connectivity index (χ4v) is 1.90. The molecule has 0 atom stereocenters. The maximum atomic E-state index is 5.98. The van der Waals surface area contributed by atoms with Crippen LogP contribution in [0.15, 0.2) is 22.7 Å². The van der Waals surface area contributed by atoms with Gasteiger partial charge in [0.2, 0.25) is 0 Å². The fourth-order valence-electron chi connectivity index (χ4n) is 1.11. The quantitative estimate of drug-likeness (QED) is 0.884. The van der Waals surface area contributed by atoms with Gasteiger partial charge in [0, 0.05) is 13.1 Å². The first-order chi connectivity index (χ1) is 6.27. The maximum absolute atomic E-state index is 5.98. The molecule has 1 aliphatic rings. The van der Waals surface area contributed by atoms with Gasteiger partial charge in [0.15, 0.2) is 5.75 Å². The molecule has 1 saturated heterocycles. The first kappa shape index (κ1) is 9.31. The molecule has 1 aromatic carbocycles. The van der Waals surface area contributed by atoms with E-state index in [2.05, 4.69) is 21.2 Å². The molecule has 4 heteroatoms. The van der Waals surface area contributed by atoms with Gasteiger partial charge in [0.25, 0.3) is 0 Å². The average Bonchev–Trinajstić information content (AvgIpc) is 2.00. The van der Waals surface area contributed by atoms with Gasteiger partial charge in [0.05, 0.1) is 9.50 Å². The van der Waals surface area contributed by atoms with Gasteiger partial charge < -0.3 is 10.1 Å². The highest BCUT2D eigenvalue weighted by Gasteiger charge is 2.20. The maximum Gasteiger partial charge on any atom is 0.152 e. The SMILES string of the molecule is Clc1cccc(Br)c1OC1CNC1. The minimum Gasteiger partial charge on any atom is -0.485 e. The molecule has 1 N–H and O–H groups in total. The molecule has 0 spiro atoms. The zero-order chi connectivity index (χ0) is 9.26. The molecule has 0 bridgehead atoms.